The van der Waals surface area contributed by atoms with Crippen LogP contribution in [0.2, 0.25) is 0 Å². The Hall–Kier alpha value is -2.57. The van der Waals surface area contributed by atoms with Gasteiger partial charge in [0.25, 0.3) is 0 Å². The first-order valence-corrected chi connectivity index (χ1v) is 6.32. The van der Waals surface area contributed by atoms with Crippen LogP contribution < -0.4 is 11.1 Å². The van der Waals surface area contributed by atoms with Crippen LogP contribution in [0.5, 0.6) is 0 Å². The van der Waals surface area contributed by atoms with E-state index in [1.807, 2.05) is 20.2 Å². The Morgan fingerprint density at radius 3 is 2.81 bits per heavy atom. The molecule has 0 aliphatic heterocycles. The highest BCUT2D eigenvalue weighted by atomic mass is 19.1. The number of nitrogens with zero attached hydrogens (tertiary/aromatic N) is 2. The van der Waals surface area contributed by atoms with E-state index in [-0.39, 0.29) is 16.9 Å². The van der Waals surface area contributed by atoms with Crippen molar-refractivity contribution in [3.63, 3.8) is 0 Å². The molecule has 7 heteroatoms. The fourth-order valence-corrected chi connectivity index (χ4v) is 2.02. The monoisotopic (exact) mass is 292 g/mol. The van der Waals surface area contributed by atoms with Crippen molar-refractivity contribution in [2.24, 2.45) is 7.05 Å². The molecule has 0 aliphatic carbocycles. The number of esters is 1. The normalized spacial score (nSPS) is 10.5. The Bertz CT molecular complexity index is 682. The molecule has 0 spiro atoms. The quantitative estimate of drug-likeness (QED) is 0.664. The van der Waals surface area contributed by atoms with Crippen molar-refractivity contribution in [3.8, 4) is 0 Å². The average Bonchev–Trinajstić information content (AvgIpc) is 2.75. The minimum atomic E-state index is -0.604. The number of hydrogen-bond acceptors (Lipinski definition) is 5. The van der Waals surface area contributed by atoms with E-state index in [4.69, 9.17) is 5.73 Å². The Morgan fingerprint density at radius 1 is 1.52 bits per heavy atom. The SMILES string of the molecule is COC(=O)c1cc(NCc2cn(C)nc2C)c(F)cc1N. The number of hydrogen-bond donors (Lipinski definition) is 2. The van der Waals surface area contributed by atoms with Gasteiger partial charge in [-0.3, -0.25) is 4.68 Å². The lowest BCUT2D eigenvalue weighted by Crippen LogP contribution is -2.09. The molecule has 6 nitrogen and oxygen atoms in total. The minimum Gasteiger partial charge on any atom is -0.465 e. The molecule has 0 saturated carbocycles. The molecule has 0 amide bonds. The van der Waals surface area contributed by atoms with E-state index < -0.39 is 11.8 Å². The number of methoxy groups -OCH3 is 1. The highest BCUT2D eigenvalue weighted by Crippen LogP contribution is 2.23. The summed E-state index contributed by atoms with van der Waals surface area (Å²) in [4.78, 5) is 11.6. The predicted octanol–water partition coefficient (Wildman–Crippen LogP) is 1.85. The van der Waals surface area contributed by atoms with Gasteiger partial charge in [-0.1, -0.05) is 0 Å². The molecular weight excluding hydrogens is 275 g/mol. The first-order valence-electron chi connectivity index (χ1n) is 6.32. The van der Waals surface area contributed by atoms with Crippen molar-refractivity contribution in [1.29, 1.82) is 0 Å². The van der Waals surface area contributed by atoms with Crippen LogP contribution in [-0.4, -0.2) is 22.9 Å². The second-order valence-electron chi connectivity index (χ2n) is 4.68. The summed E-state index contributed by atoms with van der Waals surface area (Å²) in [7, 11) is 3.06. The third kappa shape index (κ3) is 3.13. The van der Waals surface area contributed by atoms with Crippen LogP contribution in [0, 0.1) is 12.7 Å². The highest BCUT2D eigenvalue weighted by molar-refractivity contribution is 5.96. The van der Waals surface area contributed by atoms with Gasteiger partial charge >= 0.3 is 5.97 Å². The van der Waals surface area contributed by atoms with Crippen LogP contribution in [0.1, 0.15) is 21.6 Å². The lowest BCUT2D eigenvalue weighted by molar-refractivity contribution is 0.0602. The first kappa shape index (κ1) is 14.8. The van der Waals surface area contributed by atoms with E-state index in [0.717, 1.165) is 17.3 Å². The van der Waals surface area contributed by atoms with Crippen LogP contribution in [-0.2, 0) is 18.3 Å². The molecule has 21 heavy (non-hydrogen) atoms. The lowest BCUT2D eigenvalue weighted by atomic mass is 10.1. The molecule has 112 valence electrons. The number of nitrogens with two attached hydrogens (primary N) is 1. The van der Waals surface area contributed by atoms with Gasteiger partial charge in [-0.2, -0.15) is 5.10 Å². The predicted molar refractivity (Wildman–Crippen MR) is 77.4 cm³/mol. The van der Waals surface area contributed by atoms with Gasteiger partial charge in [0.2, 0.25) is 0 Å². The molecular formula is C14H17FN4O2. The molecule has 0 unspecified atom stereocenters. The van der Waals surface area contributed by atoms with E-state index in [2.05, 4.69) is 15.2 Å². The number of nitrogens with one attached hydrogen (secondary N) is 1. The van der Waals surface area contributed by atoms with Gasteiger partial charge in [0, 0.05) is 31.0 Å². The Labute approximate surface area is 121 Å². The summed E-state index contributed by atoms with van der Waals surface area (Å²) in [5.41, 5.74) is 7.77. The van der Waals surface area contributed by atoms with Gasteiger partial charge in [-0.25, -0.2) is 9.18 Å². The zero-order chi connectivity index (χ0) is 15.6. The Morgan fingerprint density at radius 2 is 2.24 bits per heavy atom. The molecule has 0 bridgehead atoms. The van der Waals surface area contributed by atoms with Crippen molar-refractivity contribution in [1.82, 2.24) is 9.78 Å². The van der Waals surface area contributed by atoms with Crippen LogP contribution in [0.15, 0.2) is 18.3 Å². The molecule has 2 rings (SSSR count). The molecule has 1 aromatic carbocycles. The van der Waals surface area contributed by atoms with Crippen LogP contribution >= 0.6 is 0 Å². The third-order valence-corrected chi connectivity index (χ3v) is 3.13. The van der Waals surface area contributed by atoms with Crippen molar-refractivity contribution in [2.75, 3.05) is 18.2 Å². The maximum atomic E-state index is 13.9. The van der Waals surface area contributed by atoms with Gasteiger partial charge in [-0.15, -0.1) is 0 Å². The van der Waals surface area contributed by atoms with Crippen molar-refractivity contribution >= 4 is 17.3 Å². The minimum absolute atomic E-state index is 0.0439. The Kier molecular flexibility index (Phi) is 4.11. The largest absolute Gasteiger partial charge is 0.465 e. The number of nitrogen functional groups attached to an aromatic ring is 1. The molecule has 2 aromatic rings. The molecule has 3 N–H and O–H groups in total. The fraction of sp³-hybridized carbons (Fsp3) is 0.286. The zero-order valence-electron chi connectivity index (χ0n) is 12.1. The maximum absolute atomic E-state index is 13.9. The second kappa shape index (κ2) is 5.82. The second-order valence-corrected chi connectivity index (χ2v) is 4.68. The number of carbonyl (C=O) groups is 1. The van der Waals surface area contributed by atoms with Crippen molar-refractivity contribution < 1.29 is 13.9 Å². The molecule has 0 aliphatic rings. The zero-order valence-corrected chi connectivity index (χ0v) is 12.1. The topological polar surface area (TPSA) is 82.2 Å². The van der Waals surface area contributed by atoms with Gasteiger partial charge in [0.1, 0.15) is 5.82 Å². The summed E-state index contributed by atoms with van der Waals surface area (Å²) in [5, 5.41) is 7.15. The third-order valence-electron chi connectivity index (χ3n) is 3.13. The molecule has 1 heterocycles. The Balaban J connectivity index is 2.23. The van der Waals surface area contributed by atoms with E-state index in [1.54, 1.807) is 4.68 Å². The summed E-state index contributed by atoms with van der Waals surface area (Å²) >= 11 is 0. The van der Waals surface area contributed by atoms with Gasteiger partial charge in [-0.05, 0) is 19.1 Å². The number of aromatic nitrogens is 2. The van der Waals surface area contributed by atoms with E-state index >= 15 is 0 Å². The number of anilines is 2. The highest BCUT2D eigenvalue weighted by Gasteiger charge is 2.15. The molecule has 1 aromatic heterocycles. The smallest absolute Gasteiger partial charge is 0.340 e. The maximum Gasteiger partial charge on any atom is 0.340 e. The number of aryl methyl sites for hydroxylation is 2. The standard InChI is InChI=1S/C14H17FN4O2/c1-8-9(7-19(2)18-8)6-17-13-4-10(14(20)21-3)12(16)5-11(13)15/h4-5,7,17H,6,16H2,1-3H3. The van der Waals surface area contributed by atoms with Crippen LogP contribution in [0.25, 0.3) is 0 Å². The summed E-state index contributed by atoms with van der Waals surface area (Å²) < 4.78 is 20.2. The van der Waals surface area contributed by atoms with E-state index in [1.165, 1.54) is 13.2 Å². The average molecular weight is 292 g/mol. The first-order chi connectivity index (χ1) is 9.92. The summed E-state index contributed by atoms with van der Waals surface area (Å²) in [6.45, 7) is 2.26. The molecule has 0 fully saturated rings. The number of benzene rings is 1. The van der Waals surface area contributed by atoms with Crippen molar-refractivity contribution in [2.45, 2.75) is 13.5 Å². The molecule has 0 radical (unpaired) electrons. The van der Waals surface area contributed by atoms with Gasteiger partial charge in [0.05, 0.1) is 24.1 Å². The number of carbonyl (C=O) groups excluding carboxylic acids is 1. The summed E-state index contributed by atoms with van der Waals surface area (Å²) in [6, 6.07) is 2.45. The van der Waals surface area contributed by atoms with E-state index in [9.17, 15) is 9.18 Å². The molecule has 0 saturated heterocycles. The van der Waals surface area contributed by atoms with Crippen LogP contribution in [0.4, 0.5) is 15.8 Å². The fourth-order valence-electron chi connectivity index (χ4n) is 2.02. The van der Waals surface area contributed by atoms with Gasteiger partial charge < -0.3 is 15.8 Å². The summed E-state index contributed by atoms with van der Waals surface area (Å²) in [5.74, 6) is -1.13. The molecule has 0 atom stereocenters. The number of ether oxygens (including phenoxy) is 1. The summed E-state index contributed by atoms with van der Waals surface area (Å²) in [6.07, 6.45) is 1.85. The number of halogens is 1. The lowest BCUT2D eigenvalue weighted by Gasteiger charge is -2.10. The van der Waals surface area contributed by atoms with Gasteiger partial charge in [0.15, 0.2) is 0 Å². The van der Waals surface area contributed by atoms with Crippen LogP contribution in [0.3, 0.4) is 0 Å². The number of rotatable bonds is 4. The van der Waals surface area contributed by atoms with Crippen molar-refractivity contribution in [3.05, 3.63) is 41.0 Å². The van der Waals surface area contributed by atoms with E-state index in [0.29, 0.717) is 6.54 Å².